The van der Waals surface area contributed by atoms with E-state index in [0.717, 1.165) is 16.8 Å². The molecule has 0 unspecified atom stereocenters. The van der Waals surface area contributed by atoms with Crippen LogP contribution in [-0.2, 0) is 6.54 Å². The fourth-order valence-electron chi connectivity index (χ4n) is 3.15. The van der Waals surface area contributed by atoms with E-state index in [0.29, 0.717) is 16.6 Å². The van der Waals surface area contributed by atoms with E-state index in [1.54, 1.807) is 12.3 Å². The van der Waals surface area contributed by atoms with Gasteiger partial charge in [-0.3, -0.25) is 14.6 Å². The minimum Gasteiger partial charge on any atom is -0.349 e. The van der Waals surface area contributed by atoms with Crippen LogP contribution in [0, 0.1) is 12.7 Å². The van der Waals surface area contributed by atoms with Crippen molar-refractivity contribution < 1.29 is 14.0 Å². The lowest BCUT2D eigenvalue weighted by atomic mass is 10.1. The molecule has 2 heterocycles. The van der Waals surface area contributed by atoms with Gasteiger partial charge in [0.25, 0.3) is 11.8 Å². The maximum absolute atomic E-state index is 13.2. The van der Waals surface area contributed by atoms with E-state index < -0.39 is 11.7 Å². The molecule has 0 atom stereocenters. The Balaban J connectivity index is 1.66. The van der Waals surface area contributed by atoms with Crippen LogP contribution in [0.4, 0.5) is 10.1 Å². The summed E-state index contributed by atoms with van der Waals surface area (Å²) >= 11 is 0. The second kappa shape index (κ2) is 8.16. The van der Waals surface area contributed by atoms with Gasteiger partial charge >= 0.3 is 0 Å². The van der Waals surface area contributed by atoms with Gasteiger partial charge in [0.15, 0.2) is 0 Å². The van der Waals surface area contributed by atoms with Crippen LogP contribution in [-0.4, -0.2) is 21.8 Å². The molecule has 2 amide bonds. The number of hydrogen-bond acceptors (Lipinski definition) is 3. The van der Waals surface area contributed by atoms with Crippen LogP contribution in [0.3, 0.4) is 0 Å². The number of aryl methyl sites for hydroxylation is 1. The third kappa shape index (κ3) is 4.05. The van der Waals surface area contributed by atoms with E-state index >= 15 is 0 Å². The zero-order valence-electron chi connectivity index (χ0n) is 16.2. The number of fused-ring (bicyclic) bond motifs is 1. The number of benzene rings is 2. The third-order valence-electron chi connectivity index (χ3n) is 4.68. The number of halogens is 1. The molecule has 0 saturated heterocycles. The molecular weight excluding hydrogens is 383 g/mol. The van der Waals surface area contributed by atoms with Gasteiger partial charge < -0.3 is 15.6 Å². The van der Waals surface area contributed by atoms with Crippen LogP contribution >= 0.6 is 0 Å². The zero-order chi connectivity index (χ0) is 21.1. The van der Waals surface area contributed by atoms with E-state index in [2.05, 4.69) is 20.6 Å². The average Bonchev–Trinajstić information content (AvgIpc) is 3.11. The molecule has 4 aromatic rings. The minimum atomic E-state index is -0.434. The summed E-state index contributed by atoms with van der Waals surface area (Å²) in [6.07, 6.45) is 1.65. The molecule has 2 aromatic carbocycles. The first kappa shape index (κ1) is 19.3. The number of aromatic amines is 1. The van der Waals surface area contributed by atoms with Crippen molar-refractivity contribution in [3.8, 4) is 0 Å². The normalized spacial score (nSPS) is 10.7. The molecule has 0 radical (unpaired) electrons. The standard InChI is InChI=1S/C23H19FN4O2/c1-14-5-10-19-18(12-14)20(28-22(29)15-6-8-16(24)9-7-15)21(27-19)23(30)26-13-17-4-2-3-11-25-17/h2-12,27H,13H2,1H3,(H,26,30)(H,28,29). The fourth-order valence-corrected chi connectivity index (χ4v) is 3.15. The third-order valence-corrected chi connectivity index (χ3v) is 4.68. The number of nitrogens with one attached hydrogen (secondary N) is 3. The number of H-pyrrole nitrogens is 1. The van der Waals surface area contributed by atoms with Crippen molar-refractivity contribution in [2.45, 2.75) is 13.5 Å². The van der Waals surface area contributed by atoms with Gasteiger partial charge in [0.05, 0.1) is 17.9 Å². The molecule has 0 spiro atoms. The summed E-state index contributed by atoms with van der Waals surface area (Å²) in [7, 11) is 0. The lowest BCUT2D eigenvalue weighted by molar-refractivity contribution is 0.0947. The zero-order valence-corrected chi connectivity index (χ0v) is 16.2. The Morgan fingerprint density at radius 1 is 1.03 bits per heavy atom. The molecule has 0 saturated carbocycles. The highest BCUT2D eigenvalue weighted by atomic mass is 19.1. The van der Waals surface area contributed by atoms with Crippen LogP contribution in [0.5, 0.6) is 0 Å². The molecule has 30 heavy (non-hydrogen) atoms. The summed E-state index contributed by atoms with van der Waals surface area (Å²) in [5.74, 6) is -1.23. The quantitative estimate of drug-likeness (QED) is 0.468. The average molecular weight is 402 g/mol. The van der Waals surface area contributed by atoms with Gasteiger partial charge in [0.1, 0.15) is 11.5 Å². The summed E-state index contributed by atoms with van der Waals surface area (Å²) in [5.41, 5.74) is 3.33. The number of carbonyl (C=O) groups is 2. The number of nitrogens with zero attached hydrogens (tertiary/aromatic N) is 1. The number of amides is 2. The maximum atomic E-state index is 13.2. The van der Waals surface area contributed by atoms with Crippen molar-refractivity contribution in [2.24, 2.45) is 0 Å². The first-order chi connectivity index (χ1) is 14.5. The summed E-state index contributed by atoms with van der Waals surface area (Å²) < 4.78 is 13.2. The van der Waals surface area contributed by atoms with E-state index in [4.69, 9.17) is 0 Å². The van der Waals surface area contributed by atoms with Crippen LogP contribution < -0.4 is 10.6 Å². The summed E-state index contributed by atoms with van der Waals surface area (Å²) in [4.78, 5) is 32.9. The largest absolute Gasteiger partial charge is 0.349 e. The van der Waals surface area contributed by atoms with Crippen molar-refractivity contribution in [1.82, 2.24) is 15.3 Å². The van der Waals surface area contributed by atoms with Gasteiger partial charge in [-0.15, -0.1) is 0 Å². The first-order valence-electron chi connectivity index (χ1n) is 9.38. The Bertz CT molecular complexity index is 1220. The number of carbonyl (C=O) groups excluding carboxylic acids is 2. The molecule has 0 aliphatic heterocycles. The second-order valence-electron chi connectivity index (χ2n) is 6.89. The highest BCUT2D eigenvalue weighted by molar-refractivity contribution is 6.15. The first-order valence-corrected chi connectivity index (χ1v) is 9.38. The SMILES string of the molecule is Cc1ccc2[nH]c(C(=O)NCc3ccccn3)c(NC(=O)c3ccc(F)cc3)c2c1. The topological polar surface area (TPSA) is 86.9 Å². The lowest BCUT2D eigenvalue weighted by Crippen LogP contribution is -2.25. The minimum absolute atomic E-state index is 0.238. The number of aromatic nitrogens is 2. The Morgan fingerprint density at radius 2 is 1.83 bits per heavy atom. The second-order valence-corrected chi connectivity index (χ2v) is 6.89. The molecule has 3 N–H and O–H groups in total. The smallest absolute Gasteiger partial charge is 0.270 e. The van der Waals surface area contributed by atoms with Crippen molar-refractivity contribution in [2.75, 3.05) is 5.32 Å². The number of anilines is 1. The van der Waals surface area contributed by atoms with E-state index in [1.165, 1.54) is 24.3 Å². The maximum Gasteiger partial charge on any atom is 0.270 e. The van der Waals surface area contributed by atoms with Crippen molar-refractivity contribution in [3.05, 3.63) is 95.2 Å². The molecular formula is C23H19FN4O2. The van der Waals surface area contributed by atoms with Gasteiger partial charge in [-0.05, 0) is 55.5 Å². The van der Waals surface area contributed by atoms with Crippen molar-refractivity contribution in [3.63, 3.8) is 0 Å². The van der Waals surface area contributed by atoms with Crippen LogP contribution in [0.25, 0.3) is 10.9 Å². The van der Waals surface area contributed by atoms with Gasteiger partial charge in [-0.2, -0.15) is 0 Å². The molecule has 0 bridgehead atoms. The van der Waals surface area contributed by atoms with Crippen molar-refractivity contribution in [1.29, 1.82) is 0 Å². The van der Waals surface area contributed by atoms with E-state index in [1.807, 2.05) is 37.3 Å². The summed E-state index contributed by atoms with van der Waals surface area (Å²) in [5, 5.41) is 6.34. The number of rotatable bonds is 5. The Labute approximate surface area is 172 Å². The Hall–Kier alpha value is -4.00. The highest BCUT2D eigenvalue weighted by Gasteiger charge is 2.20. The molecule has 6 nitrogen and oxygen atoms in total. The van der Waals surface area contributed by atoms with Gasteiger partial charge in [-0.1, -0.05) is 17.7 Å². The molecule has 4 rings (SSSR count). The monoisotopic (exact) mass is 402 g/mol. The van der Waals surface area contributed by atoms with Crippen LogP contribution in [0.15, 0.2) is 66.9 Å². The Morgan fingerprint density at radius 3 is 2.57 bits per heavy atom. The molecule has 2 aromatic heterocycles. The van der Waals surface area contributed by atoms with Gasteiger partial charge in [0, 0.05) is 22.7 Å². The molecule has 0 aliphatic rings. The fraction of sp³-hybridized carbons (Fsp3) is 0.0870. The van der Waals surface area contributed by atoms with E-state index in [9.17, 15) is 14.0 Å². The number of hydrogen-bond donors (Lipinski definition) is 3. The van der Waals surface area contributed by atoms with Gasteiger partial charge in [0.2, 0.25) is 0 Å². The molecule has 150 valence electrons. The van der Waals surface area contributed by atoms with Crippen LogP contribution in [0.2, 0.25) is 0 Å². The Kier molecular flexibility index (Phi) is 5.26. The van der Waals surface area contributed by atoms with Gasteiger partial charge in [-0.25, -0.2) is 4.39 Å². The van der Waals surface area contributed by atoms with Crippen molar-refractivity contribution >= 4 is 28.4 Å². The molecule has 7 heteroatoms. The van der Waals surface area contributed by atoms with Crippen LogP contribution in [0.1, 0.15) is 32.1 Å². The predicted molar refractivity (Wildman–Crippen MR) is 113 cm³/mol. The molecule has 0 aliphatic carbocycles. The number of pyridine rings is 1. The lowest BCUT2D eigenvalue weighted by Gasteiger charge is -2.09. The van der Waals surface area contributed by atoms with E-state index in [-0.39, 0.29) is 18.1 Å². The molecule has 0 fully saturated rings. The summed E-state index contributed by atoms with van der Waals surface area (Å²) in [6.45, 7) is 2.18. The predicted octanol–water partition coefficient (Wildman–Crippen LogP) is 4.19. The highest BCUT2D eigenvalue weighted by Crippen LogP contribution is 2.29. The summed E-state index contributed by atoms with van der Waals surface area (Å²) in [6, 6.07) is 16.3.